The van der Waals surface area contributed by atoms with Gasteiger partial charge in [0.2, 0.25) is 0 Å². The van der Waals surface area contributed by atoms with E-state index in [0.29, 0.717) is 29.8 Å². The summed E-state index contributed by atoms with van der Waals surface area (Å²) in [6.07, 6.45) is 15.1. The first kappa shape index (κ1) is 25.2. The van der Waals surface area contributed by atoms with Crippen molar-refractivity contribution in [3.63, 3.8) is 0 Å². The lowest BCUT2D eigenvalue weighted by atomic mass is 9.84. The number of benzene rings is 1. The van der Waals surface area contributed by atoms with Gasteiger partial charge in [-0.25, -0.2) is 0 Å². The van der Waals surface area contributed by atoms with Gasteiger partial charge in [0.05, 0.1) is 17.8 Å². The minimum atomic E-state index is -0.226. The maximum Gasteiger partial charge on any atom is 0.125 e. The van der Waals surface area contributed by atoms with Crippen molar-refractivity contribution in [1.82, 2.24) is 9.80 Å². The molecule has 2 saturated carbocycles. The van der Waals surface area contributed by atoms with E-state index in [2.05, 4.69) is 59.1 Å². The lowest BCUT2D eigenvalue weighted by Gasteiger charge is -2.48. The van der Waals surface area contributed by atoms with E-state index in [1.165, 1.54) is 30.7 Å². The molecule has 0 spiro atoms. The smallest absolute Gasteiger partial charge is 0.125 e. The molecule has 5 aliphatic rings. The van der Waals surface area contributed by atoms with Crippen LogP contribution in [0.15, 0.2) is 59.0 Å². The molecule has 1 aromatic carbocycles. The van der Waals surface area contributed by atoms with Crippen LogP contribution in [0.4, 0.5) is 0 Å². The molecule has 192 valence electrons. The number of aliphatic imine (C=N–C) groups is 1. The second-order valence-electron chi connectivity index (χ2n) is 10.7. The van der Waals surface area contributed by atoms with Gasteiger partial charge in [0.25, 0.3) is 0 Å². The van der Waals surface area contributed by atoms with Crippen molar-refractivity contribution in [3.8, 4) is 17.9 Å². The third kappa shape index (κ3) is 4.55. The van der Waals surface area contributed by atoms with E-state index < -0.39 is 0 Å². The fraction of sp³-hybridized carbons (Fsp3) is 0.516. The van der Waals surface area contributed by atoms with Gasteiger partial charge in [-0.2, -0.15) is 10.5 Å². The van der Waals surface area contributed by atoms with Gasteiger partial charge < -0.3 is 14.5 Å². The number of ether oxygens (including phenoxy) is 1. The Kier molecular flexibility index (Phi) is 6.86. The summed E-state index contributed by atoms with van der Waals surface area (Å²) >= 11 is 0. The number of hydrogen-bond acceptors (Lipinski definition) is 6. The summed E-state index contributed by atoms with van der Waals surface area (Å²) in [7, 11) is 2.21. The highest BCUT2D eigenvalue weighted by Gasteiger charge is 2.56. The Morgan fingerprint density at radius 2 is 1.97 bits per heavy atom. The zero-order chi connectivity index (χ0) is 26.2. The maximum atomic E-state index is 9.98. The number of nitriles is 2. The van der Waals surface area contributed by atoms with Crippen LogP contribution in [0.2, 0.25) is 0 Å². The Labute approximate surface area is 221 Å². The Bertz CT molecular complexity index is 1260. The number of rotatable bonds is 5. The Morgan fingerprint density at radius 1 is 1.16 bits per heavy atom. The topological polar surface area (TPSA) is 75.6 Å². The SMILES string of the molecule is CC.CC1N(C)C2=CC3(c4cc(OC5C=CN=C(C#N)C5)ccc4C#N)CC3C=C(C2)N1CC1CCC1. The van der Waals surface area contributed by atoms with E-state index in [9.17, 15) is 10.5 Å². The molecule has 2 aliphatic heterocycles. The number of fused-ring (bicyclic) bond motifs is 3. The van der Waals surface area contributed by atoms with Crippen molar-refractivity contribution in [2.75, 3.05) is 13.6 Å². The highest BCUT2D eigenvalue weighted by molar-refractivity contribution is 5.99. The summed E-state index contributed by atoms with van der Waals surface area (Å²) in [6.45, 7) is 7.47. The van der Waals surface area contributed by atoms with Gasteiger partial charge in [-0.1, -0.05) is 32.4 Å². The van der Waals surface area contributed by atoms with E-state index in [0.717, 1.165) is 36.6 Å². The third-order valence-corrected chi connectivity index (χ3v) is 8.71. The van der Waals surface area contributed by atoms with Crippen LogP contribution in [0.1, 0.15) is 70.4 Å². The van der Waals surface area contributed by atoms with Crippen LogP contribution in [0.5, 0.6) is 5.75 Å². The first-order chi connectivity index (χ1) is 18.0. The van der Waals surface area contributed by atoms with Crippen LogP contribution >= 0.6 is 0 Å². The molecule has 0 aromatic heterocycles. The number of nitrogens with zero attached hydrogens (tertiary/aromatic N) is 5. The average Bonchev–Trinajstić information content (AvgIpc) is 3.61. The van der Waals surface area contributed by atoms with Crippen molar-refractivity contribution in [1.29, 1.82) is 10.5 Å². The van der Waals surface area contributed by atoms with E-state index in [4.69, 9.17) is 4.74 Å². The Morgan fingerprint density at radius 3 is 2.68 bits per heavy atom. The molecule has 4 unspecified atom stereocenters. The monoisotopic (exact) mass is 495 g/mol. The first-order valence-corrected chi connectivity index (χ1v) is 13.8. The molecule has 6 heteroatoms. The second kappa shape index (κ2) is 10.1. The molecule has 1 saturated heterocycles. The average molecular weight is 496 g/mol. The molecular formula is C31H37N5O. The van der Waals surface area contributed by atoms with Gasteiger partial charge in [-0.15, -0.1) is 0 Å². The maximum absolute atomic E-state index is 9.98. The molecular weight excluding hydrogens is 458 g/mol. The number of hydrogen-bond donors (Lipinski definition) is 0. The van der Waals surface area contributed by atoms with Crippen LogP contribution in [0.3, 0.4) is 0 Å². The van der Waals surface area contributed by atoms with Crippen molar-refractivity contribution in [2.24, 2.45) is 16.8 Å². The number of allylic oxidation sites excluding steroid dienone is 2. The molecule has 4 atom stereocenters. The molecule has 0 amide bonds. The van der Waals surface area contributed by atoms with Gasteiger partial charge >= 0.3 is 0 Å². The molecule has 0 radical (unpaired) electrons. The fourth-order valence-corrected chi connectivity index (χ4v) is 6.18. The highest BCUT2D eigenvalue weighted by atomic mass is 16.5. The standard InChI is InChI=1S/C29H31N5O.C2H6/c1-19-33(2)25-12-24(34(19)18-20-4-3-5-20)10-22-14-29(22,15-25)28-13-26(7-6-21(28)16-30)35-27-8-9-32-23(11-27)17-31;1-2/h6-10,13,15,19-20,22,27H,3-5,11-12,14,18H2,1-2H3;1-2H3. The molecule has 2 heterocycles. The molecule has 0 N–H and O–H groups in total. The summed E-state index contributed by atoms with van der Waals surface area (Å²) in [5, 5.41) is 19.2. The van der Waals surface area contributed by atoms with E-state index in [1.807, 2.05) is 32.1 Å². The van der Waals surface area contributed by atoms with Crippen molar-refractivity contribution in [3.05, 3.63) is 65.1 Å². The summed E-state index contributed by atoms with van der Waals surface area (Å²) in [5.41, 5.74) is 4.90. The molecule has 3 aliphatic carbocycles. The van der Waals surface area contributed by atoms with E-state index in [-0.39, 0.29) is 11.5 Å². The zero-order valence-electron chi connectivity index (χ0n) is 22.4. The van der Waals surface area contributed by atoms with Crippen LogP contribution in [-0.4, -0.2) is 41.4 Å². The lowest BCUT2D eigenvalue weighted by molar-refractivity contribution is 0.0708. The minimum absolute atomic E-state index is 0.163. The van der Waals surface area contributed by atoms with Crippen molar-refractivity contribution >= 4 is 5.71 Å². The van der Waals surface area contributed by atoms with E-state index in [1.54, 1.807) is 6.20 Å². The highest BCUT2D eigenvalue weighted by Crippen LogP contribution is 2.61. The summed E-state index contributed by atoms with van der Waals surface area (Å²) in [6, 6.07) is 10.4. The van der Waals surface area contributed by atoms with Crippen molar-refractivity contribution < 1.29 is 4.74 Å². The molecule has 6 nitrogen and oxygen atoms in total. The summed E-state index contributed by atoms with van der Waals surface area (Å²) < 4.78 is 6.23. The zero-order valence-corrected chi connectivity index (χ0v) is 22.4. The fourth-order valence-electron chi connectivity index (χ4n) is 6.18. The molecule has 3 fully saturated rings. The van der Waals surface area contributed by atoms with Crippen molar-refractivity contribution in [2.45, 2.75) is 77.0 Å². The van der Waals surface area contributed by atoms with Gasteiger partial charge in [0.1, 0.15) is 23.6 Å². The molecule has 6 rings (SSSR count). The second-order valence-corrected chi connectivity index (χ2v) is 10.7. The predicted molar refractivity (Wildman–Crippen MR) is 146 cm³/mol. The van der Waals surface area contributed by atoms with Crippen LogP contribution in [0, 0.1) is 34.5 Å². The molecule has 1 aromatic rings. The van der Waals surface area contributed by atoms with Gasteiger partial charge in [0.15, 0.2) is 0 Å². The Hall–Kier alpha value is -3.51. The predicted octanol–water partition coefficient (Wildman–Crippen LogP) is 6.04. The first-order valence-electron chi connectivity index (χ1n) is 13.8. The van der Waals surface area contributed by atoms with Crippen LogP contribution in [0.25, 0.3) is 0 Å². The quantitative estimate of drug-likeness (QED) is 0.498. The third-order valence-electron chi connectivity index (χ3n) is 8.71. The van der Waals surface area contributed by atoms with E-state index >= 15 is 0 Å². The Balaban J connectivity index is 0.00000137. The molecule has 2 bridgehead atoms. The van der Waals surface area contributed by atoms with Crippen LogP contribution in [-0.2, 0) is 5.41 Å². The summed E-state index contributed by atoms with van der Waals surface area (Å²) in [4.78, 5) is 9.15. The van der Waals surface area contributed by atoms with Gasteiger partial charge in [-0.05, 0) is 67.9 Å². The van der Waals surface area contributed by atoms with Gasteiger partial charge in [-0.3, -0.25) is 4.99 Å². The van der Waals surface area contributed by atoms with Crippen LogP contribution < -0.4 is 4.74 Å². The summed E-state index contributed by atoms with van der Waals surface area (Å²) in [5.74, 6) is 1.95. The normalized spacial score (nSPS) is 29.6. The largest absolute Gasteiger partial charge is 0.486 e. The lowest BCUT2D eigenvalue weighted by Crippen LogP contribution is -2.50. The minimum Gasteiger partial charge on any atom is -0.486 e. The molecule has 37 heavy (non-hydrogen) atoms. The van der Waals surface area contributed by atoms with Gasteiger partial charge in [0, 0.05) is 49.4 Å².